The van der Waals surface area contributed by atoms with Gasteiger partial charge in [0.25, 0.3) is 0 Å². The minimum Gasteiger partial charge on any atom is -0.445 e. The van der Waals surface area contributed by atoms with Gasteiger partial charge < -0.3 is 47.6 Å². The molecule has 0 fully saturated rings. The van der Waals surface area contributed by atoms with Crippen molar-refractivity contribution in [1.82, 2.24) is 26.6 Å². The maximum atomic E-state index is 12.7. The van der Waals surface area contributed by atoms with E-state index in [4.69, 9.17) is 27.0 Å². The second-order valence-corrected chi connectivity index (χ2v) is 7.75. The first-order valence-corrected chi connectivity index (χ1v) is 11.4. The molecule has 0 radical (unpaired) electrons. The third kappa shape index (κ3) is 14.0. The molecule has 14 nitrogen and oxygen atoms in total. The number of carbonyl (C=O) groups excluding carboxylic acids is 4. The maximum absolute atomic E-state index is 12.7. The van der Waals surface area contributed by atoms with Crippen molar-refractivity contribution in [1.29, 1.82) is 10.8 Å². The van der Waals surface area contributed by atoms with Gasteiger partial charge >= 0.3 is 6.09 Å². The molecular weight excluding hydrogens is 470 g/mol. The Morgan fingerprint density at radius 3 is 2.11 bits per heavy atom. The number of aldehydes is 1. The van der Waals surface area contributed by atoms with Gasteiger partial charge in [0.15, 0.2) is 11.9 Å². The number of alkyl carbamates (subject to hydrolysis) is 1. The van der Waals surface area contributed by atoms with Crippen LogP contribution < -0.4 is 38.1 Å². The molecule has 198 valence electrons. The van der Waals surface area contributed by atoms with Crippen LogP contribution in [0.25, 0.3) is 0 Å². The highest BCUT2D eigenvalue weighted by Crippen LogP contribution is 2.03. The zero-order valence-electron chi connectivity index (χ0n) is 20.0. The fourth-order valence-electron chi connectivity index (χ4n) is 2.97. The number of amides is 3. The summed E-state index contributed by atoms with van der Waals surface area (Å²) in [5, 5.41) is 26.9. The van der Waals surface area contributed by atoms with Gasteiger partial charge in [0.05, 0.1) is 12.6 Å². The van der Waals surface area contributed by atoms with Gasteiger partial charge in [-0.3, -0.25) is 20.4 Å². The lowest BCUT2D eigenvalue weighted by molar-refractivity contribution is -0.128. The Kier molecular flexibility index (Phi) is 14.1. The molecule has 14 heteroatoms. The average Bonchev–Trinajstić information content (AvgIpc) is 2.85. The van der Waals surface area contributed by atoms with E-state index in [1.165, 1.54) is 0 Å². The topological polar surface area (TPSA) is 237 Å². The number of guanidine groups is 2. The van der Waals surface area contributed by atoms with E-state index in [9.17, 15) is 19.2 Å². The van der Waals surface area contributed by atoms with Gasteiger partial charge in [-0.05, 0) is 31.2 Å². The molecule has 1 aromatic rings. The van der Waals surface area contributed by atoms with Crippen LogP contribution in [0.15, 0.2) is 30.3 Å². The largest absolute Gasteiger partial charge is 0.445 e. The van der Waals surface area contributed by atoms with Crippen LogP contribution in [0.3, 0.4) is 0 Å². The van der Waals surface area contributed by atoms with Crippen LogP contribution in [0.4, 0.5) is 4.79 Å². The number of benzene rings is 1. The van der Waals surface area contributed by atoms with Crippen molar-refractivity contribution in [3.63, 3.8) is 0 Å². The predicted octanol–water partition coefficient (Wildman–Crippen LogP) is -1.39. The number of rotatable bonds is 16. The van der Waals surface area contributed by atoms with Gasteiger partial charge in [0.1, 0.15) is 18.9 Å². The van der Waals surface area contributed by atoms with Crippen molar-refractivity contribution in [3.05, 3.63) is 35.9 Å². The summed E-state index contributed by atoms with van der Waals surface area (Å²) in [6.45, 7) is 0.292. The molecule has 36 heavy (non-hydrogen) atoms. The number of nitrogens with one attached hydrogen (secondary N) is 7. The summed E-state index contributed by atoms with van der Waals surface area (Å²) in [5.74, 6) is -1.60. The van der Waals surface area contributed by atoms with Crippen LogP contribution in [0.5, 0.6) is 0 Å². The fourth-order valence-corrected chi connectivity index (χ4v) is 2.97. The molecule has 0 saturated carbocycles. The van der Waals surface area contributed by atoms with E-state index in [1.807, 2.05) is 6.07 Å². The summed E-state index contributed by atoms with van der Waals surface area (Å²) < 4.78 is 5.16. The summed E-state index contributed by atoms with van der Waals surface area (Å²) in [7, 11) is 0. The normalized spacial score (nSPS) is 11.8. The Hall–Kier alpha value is -4.36. The Balaban J connectivity index is 2.55. The van der Waals surface area contributed by atoms with Crippen molar-refractivity contribution in [2.45, 2.75) is 44.4 Å². The second-order valence-electron chi connectivity index (χ2n) is 7.75. The zero-order valence-corrected chi connectivity index (χ0v) is 20.0. The molecule has 0 aliphatic carbocycles. The third-order valence-corrected chi connectivity index (χ3v) is 4.75. The van der Waals surface area contributed by atoms with E-state index in [0.717, 1.165) is 5.56 Å². The molecule has 0 aliphatic rings. The molecular formula is C22H35N9O5. The highest BCUT2D eigenvalue weighted by atomic mass is 16.5. The molecule has 0 unspecified atom stereocenters. The lowest BCUT2D eigenvalue weighted by atomic mass is 10.1. The van der Waals surface area contributed by atoms with Gasteiger partial charge in [0.2, 0.25) is 11.8 Å². The molecule has 0 aliphatic heterocycles. The summed E-state index contributed by atoms with van der Waals surface area (Å²) >= 11 is 0. The number of hydrogen-bond acceptors (Lipinski definition) is 7. The van der Waals surface area contributed by atoms with Crippen LogP contribution >= 0.6 is 0 Å². The van der Waals surface area contributed by atoms with Crippen molar-refractivity contribution < 1.29 is 23.9 Å². The molecule has 1 rings (SSSR count). The fraction of sp³-hybridized carbons (Fsp3) is 0.455. The molecule has 0 heterocycles. The lowest BCUT2D eigenvalue weighted by Gasteiger charge is -2.19. The van der Waals surface area contributed by atoms with Gasteiger partial charge in [-0.15, -0.1) is 0 Å². The minimum atomic E-state index is -1.01. The molecule has 3 amide bonds. The van der Waals surface area contributed by atoms with Crippen molar-refractivity contribution in [2.75, 3.05) is 19.6 Å². The Bertz CT molecular complexity index is 882. The predicted molar refractivity (Wildman–Crippen MR) is 133 cm³/mol. The van der Waals surface area contributed by atoms with E-state index >= 15 is 0 Å². The number of nitrogens with two attached hydrogens (primary N) is 2. The van der Waals surface area contributed by atoms with E-state index in [2.05, 4.69) is 26.6 Å². The molecule has 11 N–H and O–H groups in total. The summed E-state index contributed by atoms with van der Waals surface area (Å²) in [5.41, 5.74) is 11.2. The first-order chi connectivity index (χ1) is 17.2. The number of ether oxygens (including phenoxy) is 1. The number of hydrogen-bond donors (Lipinski definition) is 9. The highest BCUT2D eigenvalue weighted by molar-refractivity contribution is 5.90. The molecule has 0 spiro atoms. The quantitative estimate of drug-likeness (QED) is 0.0555. The van der Waals surface area contributed by atoms with Crippen molar-refractivity contribution in [2.24, 2.45) is 11.5 Å². The summed E-state index contributed by atoms with van der Waals surface area (Å²) in [4.78, 5) is 48.3. The van der Waals surface area contributed by atoms with E-state index in [-0.39, 0.29) is 24.9 Å². The van der Waals surface area contributed by atoms with E-state index in [1.54, 1.807) is 24.3 Å². The monoisotopic (exact) mass is 505 g/mol. The smallest absolute Gasteiger partial charge is 0.408 e. The first-order valence-electron chi connectivity index (χ1n) is 11.4. The number of carbonyl (C=O) groups is 4. The van der Waals surface area contributed by atoms with Crippen molar-refractivity contribution in [3.8, 4) is 0 Å². The standard InChI is InChI=1S/C22H35N9O5/c23-20(24)27-10-4-8-16(13-32)30-18(33)12-29-19(34)17(9-5-11-28-21(25)26)31-22(35)36-14-15-6-2-1-3-7-15/h1-3,6-7,13,16-17H,4-5,8-12,14H2,(H,29,34)(H,30,33)(H,31,35)(H4,23,24,27)(H4,25,26,28)/t16-,17+/m0/s1. The summed E-state index contributed by atoms with van der Waals surface area (Å²) in [6, 6.07) is 7.25. The van der Waals surface area contributed by atoms with Gasteiger partial charge in [-0.2, -0.15) is 0 Å². The van der Waals surface area contributed by atoms with Crippen LogP contribution in [0.1, 0.15) is 31.2 Å². The molecule has 2 atom stereocenters. The average molecular weight is 506 g/mol. The summed E-state index contributed by atoms with van der Waals surface area (Å²) in [6.07, 6.45) is 1.18. The van der Waals surface area contributed by atoms with Crippen LogP contribution in [-0.4, -0.2) is 67.8 Å². The maximum Gasteiger partial charge on any atom is 0.408 e. The van der Waals surface area contributed by atoms with Crippen LogP contribution in [0, 0.1) is 10.8 Å². The first kappa shape index (κ1) is 29.7. The molecule has 0 bridgehead atoms. The second kappa shape index (κ2) is 17.1. The lowest BCUT2D eigenvalue weighted by Crippen LogP contribution is -2.50. The Morgan fingerprint density at radius 1 is 0.917 bits per heavy atom. The third-order valence-electron chi connectivity index (χ3n) is 4.75. The zero-order chi connectivity index (χ0) is 26.8. The van der Waals surface area contributed by atoms with Gasteiger partial charge in [0, 0.05) is 13.1 Å². The minimum absolute atomic E-state index is 0.0182. The van der Waals surface area contributed by atoms with E-state index in [0.29, 0.717) is 38.6 Å². The molecule has 0 saturated heterocycles. The van der Waals surface area contributed by atoms with E-state index < -0.39 is 36.5 Å². The Labute approximate surface area is 209 Å². The van der Waals surface area contributed by atoms with Crippen molar-refractivity contribution >= 4 is 36.1 Å². The SMILES string of the molecule is N=C(N)NCCC[C@@H](C=O)NC(=O)CNC(=O)[C@@H](CCCNC(=N)N)NC(=O)OCc1ccccc1. The Morgan fingerprint density at radius 2 is 1.53 bits per heavy atom. The van der Waals surface area contributed by atoms with Gasteiger partial charge in [-0.25, -0.2) is 4.79 Å². The molecule has 0 aromatic heterocycles. The molecule has 1 aromatic carbocycles. The highest BCUT2D eigenvalue weighted by Gasteiger charge is 2.22. The van der Waals surface area contributed by atoms with Crippen LogP contribution in [-0.2, 0) is 25.7 Å². The van der Waals surface area contributed by atoms with Gasteiger partial charge in [-0.1, -0.05) is 30.3 Å². The van der Waals surface area contributed by atoms with Crippen LogP contribution in [0.2, 0.25) is 0 Å².